The first kappa shape index (κ1) is 12.9. The van der Waals surface area contributed by atoms with Crippen LogP contribution in [0.3, 0.4) is 0 Å². The average Bonchev–Trinajstić information content (AvgIpc) is 2.22. The van der Waals surface area contributed by atoms with Gasteiger partial charge in [0.1, 0.15) is 6.04 Å². The summed E-state index contributed by atoms with van der Waals surface area (Å²) in [5.41, 5.74) is 0. The Morgan fingerprint density at radius 1 is 1.43 bits per heavy atom. The normalized spacial score (nSPS) is 12.0. The summed E-state index contributed by atoms with van der Waals surface area (Å²) in [6.45, 7) is 3.69. The number of ether oxygens (including phenoxy) is 1. The first-order chi connectivity index (χ1) is 6.54. The number of carbonyl (C=O) groups is 2. The van der Waals surface area contributed by atoms with Crippen molar-refractivity contribution < 1.29 is 14.3 Å². The first-order valence-corrected chi connectivity index (χ1v) is 4.88. The summed E-state index contributed by atoms with van der Waals surface area (Å²) in [7, 11) is 2.95. The number of unbranched alkanes of at least 4 members (excludes halogenated alkanes) is 1. The monoisotopic (exact) mass is 201 g/mol. The fourth-order valence-electron chi connectivity index (χ4n) is 1.05. The molecule has 0 saturated carbocycles. The quantitative estimate of drug-likeness (QED) is 0.628. The third-order valence-corrected chi connectivity index (χ3v) is 2.26. The Labute approximate surface area is 85.2 Å². The molecule has 0 aromatic heterocycles. The molecule has 4 nitrogen and oxygen atoms in total. The summed E-state index contributed by atoms with van der Waals surface area (Å²) in [5.74, 6) is -0.387. The topological polar surface area (TPSA) is 46.6 Å². The Morgan fingerprint density at radius 2 is 2.00 bits per heavy atom. The van der Waals surface area contributed by atoms with E-state index < -0.39 is 6.04 Å². The molecule has 0 rings (SSSR count). The molecule has 82 valence electrons. The zero-order valence-electron chi connectivity index (χ0n) is 9.37. The van der Waals surface area contributed by atoms with E-state index in [-0.39, 0.29) is 11.9 Å². The Bertz CT molecular complexity index is 204. The number of esters is 1. The summed E-state index contributed by atoms with van der Waals surface area (Å²) < 4.78 is 4.55. The molecule has 0 aliphatic carbocycles. The third kappa shape index (κ3) is 3.77. The zero-order valence-corrected chi connectivity index (χ0v) is 9.37. The van der Waals surface area contributed by atoms with Gasteiger partial charge >= 0.3 is 5.97 Å². The molecule has 0 bridgehead atoms. The van der Waals surface area contributed by atoms with Crippen molar-refractivity contribution in [1.29, 1.82) is 0 Å². The molecule has 1 atom stereocenters. The third-order valence-electron chi connectivity index (χ3n) is 2.26. The van der Waals surface area contributed by atoms with Gasteiger partial charge in [0.2, 0.25) is 5.91 Å². The van der Waals surface area contributed by atoms with E-state index in [1.165, 1.54) is 12.0 Å². The van der Waals surface area contributed by atoms with Crippen LogP contribution in [-0.4, -0.2) is 37.0 Å². The van der Waals surface area contributed by atoms with Crippen molar-refractivity contribution in [3.8, 4) is 0 Å². The standard InChI is InChI=1S/C10H19NO3/c1-5-6-7-9(12)11(3)8(2)10(13)14-4/h8H,5-7H2,1-4H3/t8-/m0/s1. The summed E-state index contributed by atoms with van der Waals surface area (Å²) in [6, 6.07) is -0.496. The number of rotatable bonds is 5. The lowest BCUT2D eigenvalue weighted by Crippen LogP contribution is -2.40. The van der Waals surface area contributed by atoms with E-state index >= 15 is 0 Å². The Hall–Kier alpha value is -1.06. The molecule has 0 spiro atoms. The Morgan fingerprint density at radius 3 is 2.43 bits per heavy atom. The van der Waals surface area contributed by atoms with Crippen molar-refractivity contribution in [3.63, 3.8) is 0 Å². The van der Waals surface area contributed by atoms with Crippen LogP contribution in [0.15, 0.2) is 0 Å². The van der Waals surface area contributed by atoms with Crippen molar-refractivity contribution in [1.82, 2.24) is 4.90 Å². The van der Waals surface area contributed by atoms with E-state index in [0.29, 0.717) is 6.42 Å². The maximum atomic E-state index is 11.5. The zero-order chi connectivity index (χ0) is 11.1. The average molecular weight is 201 g/mol. The molecular formula is C10H19NO3. The lowest BCUT2D eigenvalue weighted by Gasteiger charge is -2.22. The van der Waals surface area contributed by atoms with Gasteiger partial charge in [0.05, 0.1) is 7.11 Å². The number of hydrogen-bond acceptors (Lipinski definition) is 3. The SMILES string of the molecule is CCCCC(=O)N(C)[C@@H](C)C(=O)OC. The van der Waals surface area contributed by atoms with E-state index in [1.807, 2.05) is 6.92 Å². The van der Waals surface area contributed by atoms with Crippen LogP contribution < -0.4 is 0 Å². The van der Waals surface area contributed by atoms with Crippen molar-refractivity contribution in [2.75, 3.05) is 14.2 Å². The number of likely N-dealkylation sites (N-methyl/N-ethyl adjacent to an activating group) is 1. The van der Waals surface area contributed by atoms with E-state index in [0.717, 1.165) is 12.8 Å². The van der Waals surface area contributed by atoms with Gasteiger partial charge in [-0.15, -0.1) is 0 Å². The van der Waals surface area contributed by atoms with Crippen molar-refractivity contribution >= 4 is 11.9 Å². The highest BCUT2D eigenvalue weighted by Gasteiger charge is 2.21. The number of nitrogens with zero attached hydrogens (tertiary/aromatic N) is 1. The maximum absolute atomic E-state index is 11.5. The van der Waals surface area contributed by atoms with Crippen LogP contribution in [0.2, 0.25) is 0 Å². The van der Waals surface area contributed by atoms with Crippen LogP contribution in [0, 0.1) is 0 Å². The molecule has 0 aliphatic rings. The van der Waals surface area contributed by atoms with E-state index in [9.17, 15) is 9.59 Å². The first-order valence-electron chi connectivity index (χ1n) is 4.88. The van der Waals surface area contributed by atoms with Crippen LogP contribution >= 0.6 is 0 Å². The van der Waals surface area contributed by atoms with E-state index in [1.54, 1.807) is 14.0 Å². The lowest BCUT2D eigenvalue weighted by atomic mass is 10.2. The Balaban J connectivity index is 4.10. The summed E-state index contributed by atoms with van der Waals surface area (Å²) in [5, 5.41) is 0. The predicted molar refractivity (Wildman–Crippen MR) is 53.8 cm³/mol. The van der Waals surface area contributed by atoms with Crippen molar-refractivity contribution in [3.05, 3.63) is 0 Å². The molecular weight excluding hydrogens is 182 g/mol. The van der Waals surface area contributed by atoms with Gasteiger partial charge in [0, 0.05) is 13.5 Å². The van der Waals surface area contributed by atoms with Gasteiger partial charge < -0.3 is 9.64 Å². The van der Waals surface area contributed by atoms with Crippen LogP contribution in [0.25, 0.3) is 0 Å². The van der Waals surface area contributed by atoms with E-state index in [4.69, 9.17) is 0 Å². The Kier molecular flexibility index (Phi) is 5.92. The van der Waals surface area contributed by atoms with E-state index in [2.05, 4.69) is 4.74 Å². The minimum atomic E-state index is -0.496. The van der Waals surface area contributed by atoms with Gasteiger partial charge in [0.25, 0.3) is 0 Å². The van der Waals surface area contributed by atoms with Gasteiger partial charge in [-0.3, -0.25) is 4.79 Å². The molecule has 1 amide bonds. The van der Waals surface area contributed by atoms with Gasteiger partial charge in [-0.1, -0.05) is 13.3 Å². The maximum Gasteiger partial charge on any atom is 0.328 e. The second-order valence-corrected chi connectivity index (χ2v) is 3.31. The number of amides is 1. The van der Waals surface area contributed by atoms with Crippen LogP contribution in [0.4, 0.5) is 0 Å². The van der Waals surface area contributed by atoms with Gasteiger partial charge in [-0.25, -0.2) is 4.79 Å². The fraction of sp³-hybridized carbons (Fsp3) is 0.800. The van der Waals surface area contributed by atoms with Crippen LogP contribution in [-0.2, 0) is 14.3 Å². The fourth-order valence-corrected chi connectivity index (χ4v) is 1.05. The number of carbonyl (C=O) groups excluding carboxylic acids is 2. The van der Waals surface area contributed by atoms with Gasteiger partial charge in [-0.2, -0.15) is 0 Å². The van der Waals surface area contributed by atoms with Crippen LogP contribution in [0.5, 0.6) is 0 Å². The molecule has 14 heavy (non-hydrogen) atoms. The smallest absolute Gasteiger partial charge is 0.328 e. The molecule has 0 aliphatic heterocycles. The molecule has 4 heteroatoms. The largest absolute Gasteiger partial charge is 0.467 e. The van der Waals surface area contributed by atoms with Crippen LogP contribution in [0.1, 0.15) is 33.1 Å². The lowest BCUT2D eigenvalue weighted by molar-refractivity contribution is -0.151. The number of methoxy groups -OCH3 is 1. The van der Waals surface area contributed by atoms with Crippen molar-refractivity contribution in [2.24, 2.45) is 0 Å². The molecule has 0 heterocycles. The number of hydrogen-bond donors (Lipinski definition) is 0. The minimum Gasteiger partial charge on any atom is -0.467 e. The molecule has 0 fully saturated rings. The minimum absolute atomic E-state index is 0.00949. The highest BCUT2D eigenvalue weighted by atomic mass is 16.5. The molecule has 0 aromatic carbocycles. The highest BCUT2D eigenvalue weighted by molar-refractivity contribution is 5.83. The molecule has 0 saturated heterocycles. The molecule has 0 aromatic rings. The van der Waals surface area contributed by atoms with Gasteiger partial charge in [-0.05, 0) is 13.3 Å². The van der Waals surface area contributed by atoms with Crippen molar-refractivity contribution in [2.45, 2.75) is 39.2 Å². The summed E-state index contributed by atoms with van der Waals surface area (Å²) >= 11 is 0. The molecule has 0 N–H and O–H groups in total. The second-order valence-electron chi connectivity index (χ2n) is 3.31. The summed E-state index contributed by atoms with van der Waals surface area (Å²) in [4.78, 5) is 24.0. The van der Waals surface area contributed by atoms with Gasteiger partial charge in [0.15, 0.2) is 0 Å². The molecule has 0 unspecified atom stereocenters. The summed E-state index contributed by atoms with van der Waals surface area (Å²) in [6.07, 6.45) is 2.33. The highest BCUT2D eigenvalue weighted by Crippen LogP contribution is 2.04. The predicted octanol–water partition coefficient (Wildman–Crippen LogP) is 1.20. The second kappa shape index (κ2) is 6.40. The molecule has 0 radical (unpaired) electrons.